The molecule has 17 heavy (non-hydrogen) atoms. The predicted molar refractivity (Wildman–Crippen MR) is 63.1 cm³/mol. The summed E-state index contributed by atoms with van der Waals surface area (Å²) in [4.78, 5) is 0. The van der Waals surface area contributed by atoms with Crippen LogP contribution in [-0.4, -0.2) is 19.4 Å². The third-order valence-corrected chi connectivity index (χ3v) is 3.46. The molecule has 4 nitrogen and oxygen atoms in total. The maximum Gasteiger partial charge on any atom is 0.231 e. The zero-order valence-electron chi connectivity index (χ0n) is 9.99. The van der Waals surface area contributed by atoms with Crippen LogP contribution in [0.1, 0.15) is 24.0 Å². The number of hydrogen-bond donors (Lipinski definition) is 1. The van der Waals surface area contributed by atoms with Crippen LogP contribution in [0.3, 0.4) is 0 Å². The van der Waals surface area contributed by atoms with Crippen molar-refractivity contribution in [2.75, 3.05) is 13.9 Å². The van der Waals surface area contributed by atoms with Crippen LogP contribution >= 0.6 is 0 Å². The van der Waals surface area contributed by atoms with Crippen molar-refractivity contribution in [1.29, 1.82) is 0 Å². The SMILES string of the molecule is COCc1ccc2c(c1CC1(N)CC1)OCO2. The second-order valence-electron chi connectivity index (χ2n) is 4.91. The van der Waals surface area contributed by atoms with Crippen molar-refractivity contribution >= 4 is 0 Å². The summed E-state index contributed by atoms with van der Waals surface area (Å²) in [5.74, 6) is 1.68. The molecule has 1 aromatic rings. The number of hydrogen-bond acceptors (Lipinski definition) is 4. The molecule has 0 saturated heterocycles. The van der Waals surface area contributed by atoms with Crippen LogP contribution < -0.4 is 15.2 Å². The topological polar surface area (TPSA) is 53.7 Å². The maximum absolute atomic E-state index is 6.20. The van der Waals surface area contributed by atoms with Crippen LogP contribution in [0, 0.1) is 0 Å². The van der Waals surface area contributed by atoms with Gasteiger partial charge in [-0.25, -0.2) is 0 Å². The first-order valence-electron chi connectivity index (χ1n) is 5.90. The van der Waals surface area contributed by atoms with Crippen molar-refractivity contribution < 1.29 is 14.2 Å². The van der Waals surface area contributed by atoms with E-state index in [2.05, 4.69) is 0 Å². The monoisotopic (exact) mass is 235 g/mol. The van der Waals surface area contributed by atoms with Gasteiger partial charge < -0.3 is 19.9 Å². The third-order valence-electron chi connectivity index (χ3n) is 3.46. The van der Waals surface area contributed by atoms with E-state index in [0.29, 0.717) is 13.4 Å². The highest BCUT2D eigenvalue weighted by Crippen LogP contribution is 2.43. The van der Waals surface area contributed by atoms with Crippen molar-refractivity contribution in [3.05, 3.63) is 23.3 Å². The predicted octanol–water partition coefficient (Wildman–Crippen LogP) is 1.60. The van der Waals surface area contributed by atoms with E-state index in [9.17, 15) is 0 Å². The van der Waals surface area contributed by atoms with Gasteiger partial charge in [-0.2, -0.15) is 0 Å². The van der Waals surface area contributed by atoms with Crippen molar-refractivity contribution in [2.45, 2.75) is 31.4 Å². The van der Waals surface area contributed by atoms with Crippen LogP contribution in [0.2, 0.25) is 0 Å². The highest BCUT2D eigenvalue weighted by molar-refractivity contribution is 5.53. The van der Waals surface area contributed by atoms with Gasteiger partial charge in [-0.3, -0.25) is 0 Å². The van der Waals surface area contributed by atoms with Gasteiger partial charge in [0.2, 0.25) is 6.79 Å². The molecule has 0 unspecified atom stereocenters. The lowest BCUT2D eigenvalue weighted by Crippen LogP contribution is -2.25. The largest absolute Gasteiger partial charge is 0.454 e. The van der Waals surface area contributed by atoms with Gasteiger partial charge in [0.05, 0.1) is 6.61 Å². The molecule has 1 saturated carbocycles. The first-order chi connectivity index (χ1) is 8.22. The first kappa shape index (κ1) is 10.9. The average molecular weight is 235 g/mol. The van der Waals surface area contributed by atoms with Gasteiger partial charge >= 0.3 is 0 Å². The molecule has 0 atom stereocenters. The Balaban J connectivity index is 1.98. The van der Waals surface area contributed by atoms with E-state index < -0.39 is 0 Å². The zero-order chi connectivity index (χ0) is 11.9. The summed E-state index contributed by atoms with van der Waals surface area (Å²) in [6.45, 7) is 0.887. The molecule has 1 heterocycles. The summed E-state index contributed by atoms with van der Waals surface area (Å²) in [6, 6.07) is 3.98. The van der Waals surface area contributed by atoms with E-state index in [1.807, 2.05) is 12.1 Å². The Morgan fingerprint density at radius 1 is 1.35 bits per heavy atom. The normalized spacial score (nSPS) is 19.4. The highest BCUT2D eigenvalue weighted by Gasteiger charge is 2.40. The fraction of sp³-hybridized carbons (Fsp3) is 0.538. The van der Waals surface area contributed by atoms with E-state index >= 15 is 0 Å². The molecule has 0 amide bonds. The molecule has 1 aliphatic heterocycles. The molecule has 2 N–H and O–H groups in total. The number of methoxy groups -OCH3 is 1. The second-order valence-corrected chi connectivity index (χ2v) is 4.91. The smallest absolute Gasteiger partial charge is 0.231 e. The average Bonchev–Trinajstić information content (AvgIpc) is 2.86. The highest BCUT2D eigenvalue weighted by atomic mass is 16.7. The van der Waals surface area contributed by atoms with Crippen LogP contribution in [0.25, 0.3) is 0 Å². The standard InChI is InChI=1S/C13H17NO3/c1-15-7-9-2-3-11-12(17-8-16-11)10(9)6-13(14)4-5-13/h2-3H,4-8,14H2,1H3. The number of ether oxygens (including phenoxy) is 3. The second kappa shape index (κ2) is 3.89. The molecule has 1 aliphatic carbocycles. The molecule has 2 aliphatic rings. The van der Waals surface area contributed by atoms with Crippen molar-refractivity contribution in [1.82, 2.24) is 0 Å². The molecule has 1 aromatic carbocycles. The number of nitrogens with two attached hydrogens (primary N) is 1. The van der Waals surface area contributed by atoms with Gasteiger partial charge in [0.25, 0.3) is 0 Å². The van der Waals surface area contributed by atoms with Crippen LogP contribution in [0.15, 0.2) is 12.1 Å². The summed E-state index contributed by atoms with van der Waals surface area (Å²) in [7, 11) is 1.70. The van der Waals surface area contributed by atoms with Crippen molar-refractivity contribution in [2.24, 2.45) is 5.73 Å². The van der Waals surface area contributed by atoms with Gasteiger partial charge in [0, 0.05) is 18.2 Å². The third kappa shape index (κ3) is 1.98. The lowest BCUT2D eigenvalue weighted by molar-refractivity contribution is 0.171. The van der Waals surface area contributed by atoms with E-state index in [1.54, 1.807) is 7.11 Å². The van der Waals surface area contributed by atoms with E-state index in [4.69, 9.17) is 19.9 Å². The Bertz CT molecular complexity index is 441. The molecular weight excluding hydrogens is 218 g/mol. The summed E-state index contributed by atoms with van der Waals surface area (Å²) < 4.78 is 16.2. The quantitative estimate of drug-likeness (QED) is 0.861. The zero-order valence-corrected chi connectivity index (χ0v) is 9.99. The van der Waals surface area contributed by atoms with E-state index in [1.165, 1.54) is 0 Å². The Hall–Kier alpha value is -1.26. The first-order valence-corrected chi connectivity index (χ1v) is 5.90. The van der Waals surface area contributed by atoms with Crippen LogP contribution in [0.4, 0.5) is 0 Å². The fourth-order valence-electron chi connectivity index (χ4n) is 2.24. The molecule has 0 radical (unpaired) electrons. The summed E-state index contributed by atoms with van der Waals surface area (Å²) in [5.41, 5.74) is 8.46. The molecular formula is C13H17NO3. The molecule has 3 rings (SSSR count). The Labute approximate surface area is 101 Å². The minimum atomic E-state index is -0.0381. The number of fused-ring (bicyclic) bond motifs is 1. The summed E-state index contributed by atoms with van der Waals surface area (Å²) in [6.07, 6.45) is 3.02. The Morgan fingerprint density at radius 2 is 2.18 bits per heavy atom. The lowest BCUT2D eigenvalue weighted by atomic mass is 9.98. The minimum Gasteiger partial charge on any atom is -0.454 e. The lowest BCUT2D eigenvalue weighted by Gasteiger charge is -2.15. The van der Waals surface area contributed by atoms with Gasteiger partial charge in [0.1, 0.15) is 0 Å². The number of benzene rings is 1. The molecule has 1 fully saturated rings. The van der Waals surface area contributed by atoms with Crippen molar-refractivity contribution in [3.8, 4) is 11.5 Å². The van der Waals surface area contributed by atoms with Gasteiger partial charge in [0.15, 0.2) is 11.5 Å². The molecule has 4 heteroatoms. The van der Waals surface area contributed by atoms with E-state index in [-0.39, 0.29) is 5.54 Å². The number of rotatable bonds is 4. The van der Waals surface area contributed by atoms with E-state index in [0.717, 1.165) is 41.9 Å². The molecule has 0 spiro atoms. The maximum atomic E-state index is 6.20. The Kier molecular flexibility index (Phi) is 2.49. The van der Waals surface area contributed by atoms with Gasteiger partial charge in [-0.15, -0.1) is 0 Å². The molecule has 92 valence electrons. The van der Waals surface area contributed by atoms with Gasteiger partial charge in [-0.05, 0) is 30.9 Å². The molecule has 0 bridgehead atoms. The fourth-order valence-corrected chi connectivity index (χ4v) is 2.24. The summed E-state index contributed by atoms with van der Waals surface area (Å²) in [5, 5.41) is 0. The summed E-state index contributed by atoms with van der Waals surface area (Å²) >= 11 is 0. The molecule has 0 aromatic heterocycles. The van der Waals surface area contributed by atoms with Crippen molar-refractivity contribution in [3.63, 3.8) is 0 Å². The van der Waals surface area contributed by atoms with Crippen LogP contribution in [-0.2, 0) is 17.8 Å². The minimum absolute atomic E-state index is 0.0381. The Morgan fingerprint density at radius 3 is 2.88 bits per heavy atom. The van der Waals surface area contributed by atoms with Gasteiger partial charge in [-0.1, -0.05) is 6.07 Å². The van der Waals surface area contributed by atoms with Crippen LogP contribution in [0.5, 0.6) is 11.5 Å².